The van der Waals surface area contributed by atoms with Crippen LogP contribution in [0.2, 0.25) is 0 Å². The molecule has 2 fully saturated rings. The third-order valence-electron chi connectivity index (χ3n) is 5.98. The SMILES string of the molecule is Cc1ccc(N2CCCN(C(=O)c3ccc(N4CCCS4(=O)=O)cc3)CC2)c(C)c1. The summed E-state index contributed by atoms with van der Waals surface area (Å²) in [5.41, 5.74) is 5.01. The van der Waals surface area contributed by atoms with Crippen LogP contribution < -0.4 is 9.21 Å². The van der Waals surface area contributed by atoms with Gasteiger partial charge >= 0.3 is 0 Å². The summed E-state index contributed by atoms with van der Waals surface area (Å²) in [5.74, 6) is 0.201. The molecule has 2 saturated heterocycles. The Hall–Kier alpha value is -2.54. The van der Waals surface area contributed by atoms with Crippen LogP contribution in [-0.2, 0) is 10.0 Å². The van der Waals surface area contributed by atoms with Gasteiger partial charge in [0.1, 0.15) is 0 Å². The van der Waals surface area contributed by atoms with Crippen LogP contribution in [0.3, 0.4) is 0 Å². The smallest absolute Gasteiger partial charge is 0.253 e. The standard InChI is InChI=1S/C23H29N3O3S/c1-18-5-10-22(19(2)17-18)24-11-3-12-25(15-14-24)23(27)20-6-8-21(9-7-20)26-13-4-16-30(26,28)29/h5-10,17H,3-4,11-16H2,1-2H3. The fourth-order valence-electron chi connectivity index (χ4n) is 4.40. The maximum Gasteiger partial charge on any atom is 0.253 e. The molecule has 0 unspecified atom stereocenters. The highest BCUT2D eigenvalue weighted by Gasteiger charge is 2.28. The fraction of sp³-hybridized carbons (Fsp3) is 0.435. The van der Waals surface area contributed by atoms with Gasteiger partial charge < -0.3 is 9.80 Å². The number of nitrogens with zero attached hydrogens (tertiary/aromatic N) is 3. The van der Waals surface area contributed by atoms with Gasteiger partial charge in [0.25, 0.3) is 5.91 Å². The Labute approximate surface area is 179 Å². The third-order valence-corrected chi connectivity index (χ3v) is 7.85. The first-order valence-electron chi connectivity index (χ1n) is 10.6. The molecule has 0 spiro atoms. The van der Waals surface area contributed by atoms with E-state index in [0.29, 0.717) is 30.8 Å². The number of benzene rings is 2. The lowest BCUT2D eigenvalue weighted by Crippen LogP contribution is -2.35. The van der Waals surface area contributed by atoms with Crippen molar-refractivity contribution in [3.05, 3.63) is 59.2 Å². The average Bonchev–Trinajstić information content (AvgIpc) is 2.92. The van der Waals surface area contributed by atoms with E-state index in [1.54, 1.807) is 24.3 Å². The normalized spacial score (nSPS) is 19.1. The van der Waals surface area contributed by atoms with E-state index >= 15 is 0 Å². The van der Waals surface area contributed by atoms with Gasteiger partial charge in [0.2, 0.25) is 10.0 Å². The monoisotopic (exact) mass is 427 g/mol. The highest BCUT2D eigenvalue weighted by atomic mass is 32.2. The van der Waals surface area contributed by atoms with E-state index in [4.69, 9.17) is 0 Å². The number of rotatable bonds is 3. The summed E-state index contributed by atoms with van der Waals surface area (Å²) in [4.78, 5) is 17.3. The molecule has 0 atom stereocenters. The van der Waals surface area contributed by atoms with E-state index in [1.807, 2.05) is 4.90 Å². The molecule has 30 heavy (non-hydrogen) atoms. The maximum atomic E-state index is 13.0. The molecule has 2 heterocycles. The summed E-state index contributed by atoms with van der Waals surface area (Å²) in [6, 6.07) is 13.5. The second-order valence-corrected chi connectivity index (χ2v) is 10.2. The highest BCUT2D eigenvalue weighted by Crippen LogP contribution is 2.25. The molecule has 2 aromatic rings. The lowest BCUT2D eigenvalue weighted by molar-refractivity contribution is 0.0767. The van der Waals surface area contributed by atoms with Gasteiger partial charge in [-0.05, 0) is 62.6 Å². The molecule has 0 saturated carbocycles. The van der Waals surface area contributed by atoms with Crippen molar-refractivity contribution < 1.29 is 13.2 Å². The largest absolute Gasteiger partial charge is 0.369 e. The Morgan fingerprint density at radius 3 is 2.30 bits per heavy atom. The molecule has 2 aliphatic rings. The minimum Gasteiger partial charge on any atom is -0.369 e. The highest BCUT2D eigenvalue weighted by molar-refractivity contribution is 7.93. The van der Waals surface area contributed by atoms with E-state index in [1.165, 1.54) is 21.1 Å². The first-order valence-corrected chi connectivity index (χ1v) is 12.2. The molecule has 2 aliphatic heterocycles. The van der Waals surface area contributed by atoms with Gasteiger partial charge in [-0.2, -0.15) is 0 Å². The summed E-state index contributed by atoms with van der Waals surface area (Å²) in [5, 5.41) is 0. The second kappa shape index (κ2) is 8.30. The van der Waals surface area contributed by atoms with Gasteiger partial charge in [0.15, 0.2) is 0 Å². The molecule has 0 N–H and O–H groups in total. The number of anilines is 2. The fourth-order valence-corrected chi connectivity index (χ4v) is 5.97. The summed E-state index contributed by atoms with van der Waals surface area (Å²) in [7, 11) is -3.20. The molecule has 0 radical (unpaired) electrons. The lowest BCUT2D eigenvalue weighted by atomic mass is 10.1. The number of sulfonamides is 1. The number of aryl methyl sites for hydroxylation is 2. The summed E-state index contributed by atoms with van der Waals surface area (Å²) < 4.78 is 25.6. The molecule has 6 nitrogen and oxygen atoms in total. The lowest BCUT2D eigenvalue weighted by Gasteiger charge is -2.25. The third kappa shape index (κ3) is 4.17. The first kappa shape index (κ1) is 20.7. The molecule has 4 rings (SSSR count). The minimum absolute atomic E-state index is 0.00769. The van der Waals surface area contributed by atoms with E-state index in [2.05, 4.69) is 36.9 Å². The Morgan fingerprint density at radius 2 is 1.63 bits per heavy atom. The molecular formula is C23H29N3O3S. The Kier molecular flexibility index (Phi) is 5.73. The van der Waals surface area contributed by atoms with Gasteiger partial charge in [0, 0.05) is 44.0 Å². The molecule has 0 aliphatic carbocycles. The Bertz CT molecular complexity index is 1030. The van der Waals surface area contributed by atoms with Crippen LogP contribution in [0, 0.1) is 13.8 Å². The molecule has 2 aromatic carbocycles. The number of carbonyl (C=O) groups excluding carboxylic acids is 1. The van der Waals surface area contributed by atoms with Crippen molar-refractivity contribution in [1.29, 1.82) is 0 Å². The topological polar surface area (TPSA) is 60.9 Å². The minimum atomic E-state index is -3.20. The van der Waals surface area contributed by atoms with Crippen molar-refractivity contribution in [1.82, 2.24) is 4.90 Å². The van der Waals surface area contributed by atoms with Crippen molar-refractivity contribution in [2.45, 2.75) is 26.7 Å². The molecule has 7 heteroatoms. The van der Waals surface area contributed by atoms with Gasteiger partial charge in [-0.3, -0.25) is 9.10 Å². The molecule has 0 aromatic heterocycles. The number of carbonyl (C=O) groups is 1. The van der Waals surface area contributed by atoms with E-state index in [-0.39, 0.29) is 11.7 Å². The molecule has 0 bridgehead atoms. The van der Waals surface area contributed by atoms with Crippen LogP contribution in [0.1, 0.15) is 34.3 Å². The van der Waals surface area contributed by atoms with Gasteiger partial charge in [-0.1, -0.05) is 17.7 Å². The van der Waals surface area contributed by atoms with Crippen molar-refractivity contribution in [2.24, 2.45) is 0 Å². The van der Waals surface area contributed by atoms with Crippen LogP contribution in [0.15, 0.2) is 42.5 Å². The van der Waals surface area contributed by atoms with E-state index in [0.717, 1.165) is 26.1 Å². The van der Waals surface area contributed by atoms with Crippen molar-refractivity contribution in [3.63, 3.8) is 0 Å². The Balaban J connectivity index is 1.44. The Morgan fingerprint density at radius 1 is 0.867 bits per heavy atom. The number of hydrogen-bond donors (Lipinski definition) is 0. The summed E-state index contributed by atoms with van der Waals surface area (Å²) >= 11 is 0. The second-order valence-electron chi connectivity index (χ2n) is 8.21. The van der Waals surface area contributed by atoms with Gasteiger partial charge in [0.05, 0.1) is 11.4 Å². The predicted molar refractivity (Wildman–Crippen MR) is 121 cm³/mol. The quantitative estimate of drug-likeness (QED) is 0.755. The van der Waals surface area contributed by atoms with Gasteiger partial charge in [-0.25, -0.2) is 8.42 Å². The first-order chi connectivity index (χ1) is 14.3. The number of hydrogen-bond acceptors (Lipinski definition) is 4. The summed E-state index contributed by atoms with van der Waals surface area (Å²) in [6.07, 6.45) is 1.57. The number of amides is 1. The zero-order valence-electron chi connectivity index (χ0n) is 17.7. The van der Waals surface area contributed by atoms with Crippen LogP contribution in [0.5, 0.6) is 0 Å². The van der Waals surface area contributed by atoms with E-state index < -0.39 is 10.0 Å². The zero-order chi connectivity index (χ0) is 21.3. The van der Waals surface area contributed by atoms with Crippen LogP contribution in [-0.4, -0.2) is 57.7 Å². The van der Waals surface area contributed by atoms with Gasteiger partial charge in [-0.15, -0.1) is 0 Å². The van der Waals surface area contributed by atoms with Crippen LogP contribution >= 0.6 is 0 Å². The van der Waals surface area contributed by atoms with E-state index in [9.17, 15) is 13.2 Å². The molecular weight excluding hydrogens is 398 g/mol. The van der Waals surface area contributed by atoms with Crippen molar-refractivity contribution in [2.75, 3.05) is 47.7 Å². The average molecular weight is 428 g/mol. The van der Waals surface area contributed by atoms with Crippen molar-refractivity contribution in [3.8, 4) is 0 Å². The molecule has 160 valence electrons. The molecule has 1 amide bonds. The van der Waals surface area contributed by atoms with Crippen molar-refractivity contribution >= 4 is 27.3 Å². The maximum absolute atomic E-state index is 13.0. The predicted octanol–water partition coefficient (Wildman–Crippen LogP) is 3.20. The summed E-state index contributed by atoms with van der Waals surface area (Å²) in [6.45, 7) is 7.88. The van der Waals surface area contributed by atoms with Crippen LogP contribution in [0.4, 0.5) is 11.4 Å². The zero-order valence-corrected chi connectivity index (χ0v) is 18.5. The van der Waals surface area contributed by atoms with Crippen LogP contribution in [0.25, 0.3) is 0 Å².